The van der Waals surface area contributed by atoms with Crippen LogP contribution in [0, 0.1) is 24.0 Å². The first-order valence-corrected chi connectivity index (χ1v) is 17.3. The van der Waals surface area contributed by atoms with E-state index in [4.69, 9.17) is 20.9 Å². The lowest BCUT2D eigenvalue weighted by Gasteiger charge is -2.33. The maximum absolute atomic E-state index is 17.0. The van der Waals surface area contributed by atoms with Crippen molar-refractivity contribution in [3.63, 3.8) is 0 Å². The highest BCUT2D eigenvalue weighted by molar-refractivity contribution is 6.02. The summed E-state index contributed by atoms with van der Waals surface area (Å²) in [7, 11) is 1.84. The fourth-order valence-corrected chi connectivity index (χ4v) is 8.06. The Kier molecular flexibility index (Phi) is 8.82. The summed E-state index contributed by atoms with van der Waals surface area (Å²) in [5.74, 6) is 1.46. The molecule has 1 amide bonds. The number of pyridine rings is 1. The number of nitrogens with zero attached hydrogens (tertiary/aromatic N) is 6. The van der Waals surface area contributed by atoms with Gasteiger partial charge in [0.25, 0.3) is 0 Å². The van der Waals surface area contributed by atoms with E-state index < -0.39 is 28.9 Å². The maximum atomic E-state index is 17.0. The third kappa shape index (κ3) is 6.11. The molecular formula is C39H41F3N6O3. The molecule has 3 fully saturated rings. The van der Waals surface area contributed by atoms with E-state index in [0.717, 1.165) is 19.4 Å². The first-order chi connectivity index (χ1) is 24.3. The molecule has 3 atom stereocenters. The molecule has 0 N–H and O–H groups in total. The lowest BCUT2D eigenvalue weighted by Crippen LogP contribution is -2.45. The largest absolute Gasteiger partial charge is 0.461 e. The number of likely N-dealkylation sites (N-methyl/N-ethyl adjacent to an activating group) is 1. The summed E-state index contributed by atoms with van der Waals surface area (Å²) >= 11 is 0. The molecule has 0 spiro atoms. The van der Waals surface area contributed by atoms with E-state index in [9.17, 15) is 13.6 Å². The number of hydrogen-bond donors (Lipinski definition) is 0. The molecule has 3 unspecified atom stereocenters. The molecule has 3 aliphatic heterocycles. The van der Waals surface area contributed by atoms with E-state index in [1.807, 2.05) is 39.6 Å². The molecule has 3 aliphatic rings. The predicted molar refractivity (Wildman–Crippen MR) is 190 cm³/mol. The molecule has 51 heavy (non-hydrogen) atoms. The first-order valence-electron chi connectivity index (χ1n) is 17.3. The quantitative estimate of drug-likeness (QED) is 0.193. The van der Waals surface area contributed by atoms with Gasteiger partial charge in [0, 0.05) is 37.3 Å². The van der Waals surface area contributed by atoms with Crippen LogP contribution in [0.2, 0.25) is 0 Å². The van der Waals surface area contributed by atoms with Crippen LogP contribution in [0.3, 0.4) is 0 Å². The lowest BCUT2D eigenvalue weighted by molar-refractivity contribution is 0.0233. The summed E-state index contributed by atoms with van der Waals surface area (Å²) < 4.78 is 57.5. The highest BCUT2D eigenvalue weighted by Gasteiger charge is 2.47. The standard InChI is InChI=1S/C39H41F3N6O3/c1-7-26-29(41)13-12-25-10-8-11-27(31(25)26)33-32(42)34-28(20-43-33)35(46(6)30-14-17-48(23(30)2)37(49)51-38(3,4)5)45-36(44-34)50-22-39-15-9-16-47(39)21-24(18-39)19-40/h1,8,10-13,19-20,23,30H,9,14-18,21-22H2,2-6H3/b24-19+. The average Bonchev–Trinajstić information content (AvgIpc) is 3.78. The van der Waals surface area contributed by atoms with Gasteiger partial charge >= 0.3 is 12.1 Å². The predicted octanol–water partition coefficient (Wildman–Crippen LogP) is 7.41. The Hall–Kier alpha value is -4.89. The molecule has 4 aromatic rings. The molecule has 2 aromatic heterocycles. The number of likely N-dealkylation sites (tertiary alicyclic amines) is 1. The Labute approximate surface area is 295 Å². The Morgan fingerprint density at radius 2 is 2.00 bits per heavy atom. The number of halogens is 3. The minimum atomic E-state index is -0.742. The number of ether oxygens (including phenoxy) is 2. The second-order valence-corrected chi connectivity index (χ2v) is 14.8. The van der Waals surface area contributed by atoms with Crippen molar-refractivity contribution in [1.29, 1.82) is 0 Å². The highest BCUT2D eigenvalue weighted by atomic mass is 19.1. The van der Waals surface area contributed by atoms with E-state index in [1.165, 1.54) is 12.3 Å². The number of aromatic nitrogens is 3. The molecule has 5 heterocycles. The summed E-state index contributed by atoms with van der Waals surface area (Å²) in [5, 5.41) is 1.34. The Morgan fingerprint density at radius 1 is 1.20 bits per heavy atom. The lowest BCUT2D eigenvalue weighted by atomic mass is 9.94. The topological polar surface area (TPSA) is 83.9 Å². The van der Waals surface area contributed by atoms with Gasteiger partial charge in [-0.3, -0.25) is 9.88 Å². The normalized spacial score (nSPS) is 22.9. The van der Waals surface area contributed by atoms with Gasteiger partial charge in [-0.25, -0.2) is 18.0 Å². The second-order valence-electron chi connectivity index (χ2n) is 14.8. The molecule has 266 valence electrons. The molecule has 0 bridgehead atoms. The van der Waals surface area contributed by atoms with E-state index in [2.05, 4.69) is 20.8 Å². The van der Waals surface area contributed by atoms with E-state index >= 15 is 4.39 Å². The number of hydrogen-bond acceptors (Lipinski definition) is 8. The SMILES string of the molecule is C#Cc1c(F)ccc2cccc(-c3ncc4c(N(C)C5CCN(C(=O)OC(C)(C)C)C5C)nc(OCC56CCCN5C/C(=C/F)C6)nc4c3F)c12. The van der Waals surface area contributed by atoms with Crippen molar-refractivity contribution in [2.45, 2.75) is 76.6 Å². The van der Waals surface area contributed by atoms with Crippen molar-refractivity contribution in [3.8, 4) is 29.6 Å². The molecular weight excluding hydrogens is 657 g/mol. The van der Waals surface area contributed by atoms with Crippen LogP contribution in [0.25, 0.3) is 32.9 Å². The van der Waals surface area contributed by atoms with Gasteiger partial charge in [-0.15, -0.1) is 6.42 Å². The number of fused-ring (bicyclic) bond motifs is 3. The van der Waals surface area contributed by atoms with Crippen molar-refractivity contribution in [3.05, 3.63) is 65.6 Å². The molecule has 2 aromatic carbocycles. The summed E-state index contributed by atoms with van der Waals surface area (Å²) in [6, 6.07) is 7.54. The van der Waals surface area contributed by atoms with Crippen LogP contribution in [0.1, 0.15) is 58.9 Å². The third-order valence-corrected chi connectivity index (χ3v) is 10.5. The summed E-state index contributed by atoms with van der Waals surface area (Å²) in [6.07, 6.45) is 10.4. The van der Waals surface area contributed by atoms with E-state index in [-0.39, 0.29) is 41.5 Å². The first kappa shape index (κ1) is 34.6. The number of terminal acetylenes is 1. The Bertz CT molecular complexity index is 2110. The van der Waals surface area contributed by atoms with Crippen LogP contribution in [-0.2, 0) is 4.74 Å². The minimum absolute atomic E-state index is 0.0138. The van der Waals surface area contributed by atoms with Crippen LogP contribution in [0.4, 0.5) is 23.8 Å². The second kappa shape index (κ2) is 13.0. The van der Waals surface area contributed by atoms with Gasteiger partial charge in [0.1, 0.15) is 35.1 Å². The van der Waals surface area contributed by atoms with Crippen molar-refractivity contribution in [2.75, 3.05) is 38.2 Å². The fourth-order valence-electron chi connectivity index (χ4n) is 8.06. The van der Waals surface area contributed by atoms with E-state index in [0.29, 0.717) is 65.4 Å². The zero-order chi connectivity index (χ0) is 36.2. The third-order valence-electron chi connectivity index (χ3n) is 10.5. The molecule has 7 rings (SSSR count). The van der Waals surface area contributed by atoms with Crippen molar-refractivity contribution >= 4 is 33.6 Å². The number of anilines is 1. The zero-order valence-corrected chi connectivity index (χ0v) is 29.5. The van der Waals surface area contributed by atoms with Crippen LogP contribution in [0.5, 0.6) is 6.01 Å². The zero-order valence-electron chi connectivity index (χ0n) is 29.5. The van der Waals surface area contributed by atoms with Crippen LogP contribution in [0.15, 0.2) is 48.4 Å². The Balaban J connectivity index is 1.32. The molecule has 0 aliphatic carbocycles. The number of amides is 1. The minimum Gasteiger partial charge on any atom is -0.461 e. The fraction of sp³-hybridized carbons (Fsp3) is 0.436. The number of rotatable bonds is 6. The van der Waals surface area contributed by atoms with Crippen LogP contribution < -0.4 is 9.64 Å². The van der Waals surface area contributed by atoms with Crippen molar-refractivity contribution in [2.24, 2.45) is 0 Å². The molecule has 0 saturated carbocycles. The molecule has 0 radical (unpaired) electrons. The molecule has 3 saturated heterocycles. The number of carbonyl (C=O) groups excluding carboxylic acids is 1. The summed E-state index contributed by atoms with van der Waals surface area (Å²) in [4.78, 5) is 32.9. The number of carbonyl (C=O) groups is 1. The van der Waals surface area contributed by atoms with Crippen LogP contribution in [-0.4, -0.2) is 87.4 Å². The monoisotopic (exact) mass is 698 g/mol. The Morgan fingerprint density at radius 3 is 2.75 bits per heavy atom. The number of benzene rings is 2. The van der Waals surface area contributed by atoms with E-state index in [1.54, 1.807) is 29.2 Å². The smallest absolute Gasteiger partial charge is 0.410 e. The van der Waals surface area contributed by atoms with Gasteiger partial charge in [0.2, 0.25) is 0 Å². The highest BCUT2D eigenvalue weighted by Crippen LogP contribution is 2.42. The van der Waals surface area contributed by atoms with Crippen molar-refractivity contribution < 1.29 is 27.4 Å². The van der Waals surface area contributed by atoms with Gasteiger partial charge in [0.05, 0.1) is 34.9 Å². The summed E-state index contributed by atoms with van der Waals surface area (Å²) in [5.41, 5.74) is -0.0902. The maximum Gasteiger partial charge on any atom is 0.410 e. The van der Waals surface area contributed by atoms with Gasteiger partial charge in [-0.1, -0.05) is 30.2 Å². The molecule has 9 nitrogen and oxygen atoms in total. The van der Waals surface area contributed by atoms with Crippen molar-refractivity contribution in [1.82, 2.24) is 24.8 Å². The average molecular weight is 699 g/mol. The van der Waals surface area contributed by atoms with Gasteiger partial charge in [-0.2, -0.15) is 9.97 Å². The van der Waals surface area contributed by atoms with Gasteiger partial charge in [-0.05, 0) is 76.9 Å². The van der Waals surface area contributed by atoms with Gasteiger partial charge < -0.3 is 19.3 Å². The summed E-state index contributed by atoms with van der Waals surface area (Å²) in [6.45, 7) is 9.45. The molecule has 12 heteroatoms. The van der Waals surface area contributed by atoms with Crippen LogP contribution >= 0.6 is 0 Å². The van der Waals surface area contributed by atoms with Gasteiger partial charge in [0.15, 0.2) is 5.82 Å².